The number of pyridine rings is 1. The molecule has 0 aliphatic heterocycles. The summed E-state index contributed by atoms with van der Waals surface area (Å²) >= 11 is 5.76. The highest BCUT2D eigenvalue weighted by molar-refractivity contribution is 7.71. The van der Waals surface area contributed by atoms with Crippen molar-refractivity contribution in [2.24, 2.45) is 13.0 Å². The molecule has 3 aromatic heterocycles. The molecule has 7 nitrogen and oxygen atoms in total. The second-order valence-corrected chi connectivity index (χ2v) is 9.65. The molecule has 2 aromatic carbocycles. The van der Waals surface area contributed by atoms with E-state index in [9.17, 15) is 4.79 Å². The van der Waals surface area contributed by atoms with Crippen molar-refractivity contribution in [2.75, 3.05) is 5.32 Å². The van der Waals surface area contributed by atoms with E-state index in [4.69, 9.17) is 17.3 Å². The molecule has 8 heteroatoms. The summed E-state index contributed by atoms with van der Waals surface area (Å²) in [6.45, 7) is 5.24. The number of hydrogen-bond donors (Lipinski definition) is 1. The van der Waals surface area contributed by atoms with Crippen LogP contribution in [0.2, 0.25) is 0 Å². The molecule has 36 heavy (non-hydrogen) atoms. The van der Waals surface area contributed by atoms with E-state index in [1.54, 1.807) is 17.8 Å². The molecule has 1 N–H and O–H groups in total. The maximum absolute atomic E-state index is 13.1. The van der Waals surface area contributed by atoms with Gasteiger partial charge in [-0.15, -0.1) is 0 Å². The zero-order valence-corrected chi connectivity index (χ0v) is 21.4. The van der Waals surface area contributed by atoms with Crippen LogP contribution in [0.3, 0.4) is 0 Å². The number of aromatic nitrogens is 5. The molecule has 0 aliphatic rings. The normalized spacial score (nSPS) is 11.3. The molecule has 5 aromatic rings. The van der Waals surface area contributed by atoms with Gasteiger partial charge in [0, 0.05) is 31.0 Å². The van der Waals surface area contributed by atoms with Gasteiger partial charge in [0.1, 0.15) is 10.5 Å². The van der Waals surface area contributed by atoms with Crippen molar-refractivity contribution in [1.29, 1.82) is 0 Å². The Balaban J connectivity index is 1.64. The first kappa shape index (κ1) is 23.7. The predicted molar refractivity (Wildman–Crippen MR) is 147 cm³/mol. The molecule has 0 saturated heterocycles. The Morgan fingerprint density at radius 2 is 1.69 bits per heavy atom. The zero-order valence-electron chi connectivity index (χ0n) is 20.5. The number of hydrogen-bond acceptors (Lipinski definition) is 5. The average molecular weight is 497 g/mol. The molecule has 0 atom stereocenters. The molecule has 0 amide bonds. The quantitative estimate of drug-likeness (QED) is 0.290. The minimum Gasteiger partial charge on any atom is -0.340 e. The van der Waals surface area contributed by atoms with E-state index in [1.807, 2.05) is 53.2 Å². The zero-order chi connectivity index (χ0) is 25.2. The molecule has 0 spiro atoms. The fraction of sp³-hybridized carbons (Fsp3) is 0.214. The van der Waals surface area contributed by atoms with Gasteiger partial charge in [-0.3, -0.25) is 14.1 Å². The summed E-state index contributed by atoms with van der Waals surface area (Å²) in [5.41, 5.74) is 4.42. The SMILES string of the molecule is CC(C)Cn1c(=O)n(C)c(=S)c2c(Nc3ccccc3)n(Cc3ccc(-c4ccccn4)cc3)nc21. The Morgan fingerprint density at radius 1 is 0.972 bits per heavy atom. The van der Waals surface area contributed by atoms with Gasteiger partial charge in [0.25, 0.3) is 0 Å². The Bertz CT molecular complexity index is 1620. The standard InChI is InChI=1S/C28H28N6OS/c1-19(2)17-33-26-24(27(36)32(3)28(33)35)25(30-22-9-5-4-6-10-22)34(31-26)18-20-12-14-21(15-13-20)23-11-7-8-16-29-23/h4-16,19,30H,17-18H2,1-3H3. The van der Waals surface area contributed by atoms with Crippen LogP contribution in [0, 0.1) is 10.6 Å². The second kappa shape index (κ2) is 9.91. The Morgan fingerprint density at radius 3 is 2.36 bits per heavy atom. The summed E-state index contributed by atoms with van der Waals surface area (Å²) in [5, 5.41) is 9.21. The van der Waals surface area contributed by atoms with Crippen LogP contribution in [-0.4, -0.2) is 23.9 Å². The molecular formula is C28H28N6OS. The molecule has 0 unspecified atom stereocenters. The van der Waals surface area contributed by atoms with Gasteiger partial charge >= 0.3 is 5.69 Å². The van der Waals surface area contributed by atoms with Crippen molar-refractivity contribution in [2.45, 2.75) is 26.9 Å². The molecule has 3 heterocycles. The van der Waals surface area contributed by atoms with E-state index in [-0.39, 0.29) is 11.6 Å². The highest BCUT2D eigenvalue weighted by atomic mass is 32.1. The average Bonchev–Trinajstić information content (AvgIpc) is 3.24. The van der Waals surface area contributed by atoms with Crippen LogP contribution in [-0.2, 0) is 20.1 Å². The minimum absolute atomic E-state index is 0.156. The third kappa shape index (κ3) is 4.59. The first-order chi connectivity index (χ1) is 17.4. The van der Waals surface area contributed by atoms with E-state index in [1.165, 1.54) is 4.57 Å². The number of fused-ring (bicyclic) bond motifs is 1. The number of para-hydroxylation sites is 1. The van der Waals surface area contributed by atoms with E-state index < -0.39 is 0 Å². The summed E-state index contributed by atoms with van der Waals surface area (Å²) in [6, 6.07) is 24.1. The number of rotatable bonds is 7. The Kier molecular flexibility index (Phi) is 6.52. The third-order valence-corrected chi connectivity index (χ3v) is 6.54. The molecular weight excluding hydrogens is 468 g/mol. The van der Waals surface area contributed by atoms with Crippen molar-refractivity contribution < 1.29 is 0 Å². The Labute approximate surface area is 214 Å². The lowest BCUT2D eigenvalue weighted by Crippen LogP contribution is -2.31. The highest BCUT2D eigenvalue weighted by Crippen LogP contribution is 2.28. The van der Waals surface area contributed by atoms with Crippen molar-refractivity contribution >= 4 is 34.8 Å². The summed E-state index contributed by atoms with van der Waals surface area (Å²) in [5.74, 6) is 1.04. The van der Waals surface area contributed by atoms with Crippen LogP contribution in [0.1, 0.15) is 19.4 Å². The molecule has 182 valence electrons. The molecule has 0 radical (unpaired) electrons. The van der Waals surface area contributed by atoms with Gasteiger partial charge in [0.15, 0.2) is 5.65 Å². The lowest BCUT2D eigenvalue weighted by molar-refractivity contribution is 0.499. The summed E-state index contributed by atoms with van der Waals surface area (Å²) in [4.78, 5) is 17.6. The van der Waals surface area contributed by atoms with Gasteiger partial charge in [0.05, 0.1) is 17.6 Å². The van der Waals surface area contributed by atoms with Gasteiger partial charge in [-0.05, 0) is 35.7 Å². The number of anilines is 2. The van der Waals surface area contributed by atoms with Crippen LogP contribution in [0.5, 0.6) is 0 Å². The predicted octanol–water partition coefficient (Wildman–Crippen LogP) is 5.78. The second-order valence-electron chi connectivity index (χ2n) is 9.26. The molecule has 0 bridgehead atoms. The van der Waals surface area contributed by atoms with E-state index >= 15 is 0 Å². The van der Waals surface area contributed by atoms with Crippen molar-refractivity contribution in [3.8, 4) is 11.3 Å². The number of nitrogens with zero attached hydrogens (tertiary/aromatic N) is 5. The lowest BCUT2D eigenvalue weighted by Gasteiger charge is -2.12. The first-order valence-electron chi connectivity index (χ1n) is 11.9. The van der Waals surface area contributed by atoms with Gasteiger partial charge in [-0.25, -0.2) is 9.48 Å². The summed E-state index contributed by atoms with van der Waals surface area (Å²) in [7, 11) is 1.72. The summed E-state index contributed by atoms with van der Waals surface area (Å²) in [6.07, 6.45) is 1.79. The third-order valence-electron chi connectivity index (χ3n) is 6.06. The fourth-order valence-corrected chi connectivity index (χ4v) is 4.54. The van der Waals surface area contributed by atoms with Crippen LogP contribution in [0.15, 0.2) is 83.8 Å². The molecule has 0 fully saturated rings. The maximum atomic E-state index is 13.1. The molecule has 5 rings (SSSR count). The van der Waals surface area contributed by atoms with E-state index in [0.717, 1.165) is 33.7 Å². The van der Waals surface area contributed by atoms with Gasteiger partial charge in [-0.2, -0.15) is 5.10 Å². The maximum Gasteiger partial charge on any atom is 0.330 e. The first-order valence-corrected chi connectivity index (χ1v) is 12.4. The topological polar surface area (TPSA) is 69.7 Å². The Hall–Kier alpha value is -4.04. The fourth-order valence-electron chi connectivity index (χ4n) is 4.28. The van der Waals surface area contributed by atoms with E-state index in [0.29, 0.717) is 23.4 Å². The molecule has 0 saturated carbocycles. The van der Waals surface area contributed by atoms with Crippen LogP contribution in [0.25, 0.3) is 22.3 Å². The van der Waals surface area contributed by atoms with Crippen LogP contribution < -0.4 is 11.0 Å². The van der Waals surface area contributed by atoms with Crippen molar-refractivity contribution in [3.63, 3.8) is 0 Å². The largest absolute Gasteiger partial charge is 0.340 e. The van der Waals surface area contributed by atoms with Crippen LogP contribution >= 0.6 is 12.2 Å². The van der Waals surface area contributed by atoms with Gasteiger partial charge < -0.3 is 5.32 Å². The molecule has 0 aliphatic carbocycles. The van der Waals surface area contributed by atoms with Crippen LogP contribution in [0.4, 0.5) is 11.5 Å². The minimum atomic E-state index is -0.156. The summed E-state index contributed by atoms with van der Waals surface area (Å²) < 4.78 is 5.63. The van der Waals surface area contributed by atoms with Crippen molar-refractivity contribution in [3.05, 3.63) is 99.7 Å². The number of nitrogens with one attached hydrogen (secondary N) is 1. The van der Waals surface area contributed by atoms with Gasteiger partial charge in [0.2, 0.25) is 0 Å². The number of benzene rings is 2. The highest BCUT2D eigenvalue weighted by Gasteiger charge is 2.20. The lowest BCUT2D eigenvalue weighted by atomic mass is 10.1. The van der Waals surface area contributed by atoms with Crippen molar-refractivity contribution in [1.82, 2.24) is 23.9 Å². The smallest absolute Gasteiger partial charge is 0.330 e. The van der Waals surface area contributed by atoms with E-state index in [2.05, 4.69) is 48.4 Å². The van der Waals surface area contributed by atoms with Gasteiger partial charge in [-0.1, -0.05) is 74.6 Å². The monoisotopic (exact) mass is 496 g/mol.